The summed E-state index contributed by atoms with van der Waals surface area (Å²) < 4.78 is 4.84. The highest BCUT2D eigenvalue weighted by molar-refractivity contribution is 5.85. The first-order chi connectivity index (χ1) is 6.40. The highest BCUT2D eigenvalue weighted by Gasteiger charge is 2.20. The van der Waals surface area contributed by atoms with Gasteiger partial charge in [-0.15, -0.1) is 12.4 Å². The maximum Gasteiger partial charge on any atom is 0.252 e. The fraction of sp³-hybridized carbons (Fsp3) is 0.750. The largest absolute Gasteiger partial charge is 0.387 e. The van der Waals surface area contributed by atoms with E-state index in [1.807, 2.05) is 0 Å². The Balaban J connectivity index is 0.000000980. The standard InChI is InChI=1S/C8H13N3O2.ClH/c12-5-7-10-8(11-13-7)6-1-3-9-4-2-6;/h6,9,12H,1-5H2;1H. The Bertz CT molecular complexity index is 273. The fourth-order valence-electron chi connectivity index (χ4n) is 1.58. The summed E-state index contributed by atoms with van der Waals surface area (Å²) in [6.07, 6.45) is 2.09. The maximum absolute atomic E-state index is 8.74. The van der Waals surface area contributed by atoms with E-state index in [-0.39, 0.29) is 19.0 Å². The molecule has 0 saturated carbocycles. The maximum atomic E-state index is 8.74. The third-order valence-corrected chi connectivity index (χ3v) is 2.32. The summed E-state index contributed by atoms with van der Waals surface area (Å²) in [7, 11) is 0. The van der Waals surface area contributed by atoms with Crippen LogP contribution in [0.2, 0.25) is 0 Å². The van der Waals surface area contributed by atoms with Crippen LogP contribution in [-0.4, -0.2) is 28.3 Å². The molecule has 0 atom stereocenters. The lowest BCUT2D eigenvalue weighted by atomic mass is 9.98. The lowest BCUT2D eigenvalue weighted by molar-refractivity contribution is 0.222. The molecule has 0 aliphatic carbocycles. The van der Waals surface area contributed by atoms with E-state index in [2.05, 4.69) is 15.5 Å². The van der Waals surface area contributed by atoms with E-state index in [9.17, 15) is 0 Å². The van der Waals surface area contributed by atoms with Crippen LogP contribution in [0.15, 0.2) is 4.52 Å². The van der Waals surface area contributed by atoms with Crippen molar-refractivity contribution in [2.45, 2.75) is 25.4 Å². The van der Waals surface area contributed by atoms with Gasteiger partial charge in [-0.05, 0) is 25.9 Å². The van der Waals surface area contributed by atoms with Crippen molar-refractivity contribution in [1.82, 2.24) is 15.5 Å². The van der Waals surface area contributed by atoms with Crippen LogP contribution in [0.3, 0.4) is 0 Å². The molecule has 2 N–H and O–H groups in total. The molecular weight excluding hydrogens is 206 g/mol. The van der Waals surface area contributed by atoms with Gasteiger partial charge in [0.2, 0.25) is 0 Å². The molecule has 14 heavy (non-hydrogen) atoms. The molecule has 80 valence electrons. The Morgan fingerprint density at radius 1 is 1.43 bits per heavy atom. The molecule has 0 amide bonds. The average molecular weight is 220 g/mol. The first-order valence-electron chi connectivity index (χ1n) is 4.54. The van der Waals surface area contributed by atoms with Gasteiger partial charge in [-0.1, -0.05) is 5.16 Å². The number of hydrogen-bond donors (Lipinski definition) is 2. The summed E-state index contributed by atoms with van der Waals surface area (Å²) in [6, 6.07) is 0. The second-order valence-electron chi connectivity index (χ2n) is 3.23. The number of aliphatic hydroxyl groups excluding tert-OH is 1. The Morgan fingerprint density at radius 3 is 2.71 bits per heavy atom. The molecule has 1 saturated heterocycles. The second-order valence-corrected chi connectivity index (χ2v) is 3.23. The number of rotatable bonds is 2. The molecule has 6 heteroatoms. The summed E-state index contributed by atoms with van der Waals surface area (Å²) in [5.41, 5.74) is 0. The van der Waals surface area contributed by atoms with E-state index < -0.39 is 0 Å². The van der Waals surface area contributed by atoms with Crippen molar-refractivity contribution in [3.63, 3.8) is 0 Å². The van der Waals surface area contributed by atoms with Gasteiger partial charge in [0.15, 0.2) is 5.82 Å². The second kappa shape index (κ2) is 5.29. The third kappa shape index (κ3) is 2.43. The van der Waals surface area contributed by atoms with E-state index in [4.69, 9.17) is 9.63 Å². The number of nitrogens with zero attached hydrogens (tertiary/aromatic N) is 2. The van der Waals surface area contributed by atoms with Crippen molar-refractivity contribution in [2.24, 2.45) is 0 Å². The van der Waals surface area contributed by atoms with Crippen molar-refractivity contribution in [3.05, 3.63) is 11.7 Å². The van der Waals surface area contributed by atoms with Crippen molar-refractivity contribution in [1.29, 1.82) is 0 Å². The molecule has 1 aromatic heterocycles. The van der Waals surface area contributed by atoms with Crippen LogP contribution in [0.25, 0.3) is 0 Å². The lowest BCUT2D eigenvalue weighted by Gasteiger charge is -2.18. The third-order valence-electron chi connectivity index (χ3n) is 2.32. The molecule has 2 rings (SSSR count). The van der Waals surface area contributed by atoms with Crippen molar-refractivity contribution in [2.75, 3.05) is 13.1 Å². The van der Waals surface area contributed by atoms with Gasteiger partial charge in [0.05, 0.1) is 0 Å². The van der Waals surface area contributed by atoms with Gasteiger partial charge in [-0.25, -0.2) is 0 Å². The molecule has 0 bridgehead atoms. The van der Waals surface area contributed by atoms with E-state index in [0.717, 1.165) is 31.8 Å². The van der Waals surface area contributed by atoms with E-state index in [0.29, 0.717) is 11.8 Å². The van der Waals surface area contributed by atoms with Crippen LogP contribution >= 0.6 is 12.4 Å². The summed E-state index contributed by atoms with van der Waals surface area (Å²) in [5.74, 6) is 1.45. The minimum absolute atomic E-state index is 0. The predicted octanol–water partition coefficient (Wildman–Crippen LogP) is 0.451. The number of aliphatic hydroxyl groups is 1. The van der Waals surface area contributed by atoms with Crippen LogP contribution in [0.5, 0.6) is 0 Å². The van der Waals surface area contributed by atoms with Gasteiger partial charge in [-0.2, -0.15) is 4.98 Å². The summed E-state index contributed by atoms with van der Waals surface area (Å²) >= 11 is 0. The number of nitrogens with one attached hydrogen (secondary N) is 1. The first-order valence-corrected chi connectivity index (χ1v) is 4.54. The average Bonchev–Trinajstić information content (AvgIpc) is 2.67. The van der Waals surface area contributed by atoms with Crippen molar-refractivity contribution in [3.8, 4) is 0 Å². The molecule has 5 nitrogen and oxygen atoms in total. The summed E-state index contributed by atoms with van der Waals surface area (Å²) in [6.45, 7) is 1.85. The lowest BCUT2D eigenvalue weighted by Crippen LogP contribution is -2.27. The van der Waals surface area contributed by atoms with Crippen LogP contribution in [0.4, 0.5) is 0 Å². The predicted molar refractivity (Wildman–Crippen MR) is 52.3 cm³/mol. The van der Waals surface area contributed by atoms with Crippen molar-refractivity contribution < 1.29 is 9.63 Å². The van der Waals surface area contributed by atoms with Gasteiger partial charge in [0.1, 0.15) is 6.61 Å². The molecule has 1 aromatic rings. The van der Waals surface area contributed by atoms with E-state index >= 15 is 0 Å². The monoisotopic (exact) mass is 219 g/mol. The van der Waals surface area contributed by atoms with Crippen LogP contribution in [-0.2, 0) is 6.61 Å². The molecule has 0 aromatic carbocycles. The zero-order chi connectivity index (χ0) is 9.10. The minimum atomic E-state index is -0.169. The summed E-state index contributed by atoms with van der Waals surface area (Å²) in [5, 5.41) is 15.8. The highest BCUT2D eigenvalue weighted by atomic mass is 35.5. The number of halogens is 1. The van der Waals surface area contributed by atoms with Gasteiger partial charge in [-0.3, -0.25) is 0 Å². The molecule has 0 spiro atoms. The number of piperidine rings is 1. The van der Waals surface area contributed by atoms with Gasteiger partial charge >= 0.3 is 0 Å². The van der Waals surface area contributed by atoms with E-state index in [1.165, 1.54) is 0 Å². The van der Waals surface area contributed by atoms with Gasteiger partial charge in [0.25, 0.3) is 5.89 Å². The van der Waals surface area contributed by atoms with Gasteiger partial charge < -0.3 is 14.9 Å². The van der Waals surface area contributed by atoms with Crippen LogP contribution in [0.1, 0.15) is 30.5 Å². The van der Waals surface area contributed by atoms with Crippen LogP contribution < -0.4 is 5.32 Å². The Morgan fingerprint density at radius 2 is 2.14 bits per heavy atom. The van der Waals surface area contributed by atoms with Crippen LogP contribution in [0, 0.1) is 0 Å². The molecule has 1 aliphatic rings. The van der Waals surface area contributed by atoms with E-state index in [1.54, 1.807) is 0 Å². The summed E-state index contributed by atoms with van der Waals surface area (Å²) in [4.78, 5) is 4.10. The van der Waals surface area contributed by atoms with Gasteiger partial charge in [0, 0.05) is 5.92 Å². The Labute approximate surface area is 88.3 Å². The number of hydrogen-bond acceptors (Lipinski definition) is 5. The SMILES string of the molecule is Cl.OCc1nc(C2CCNCC2)no1. The molecule has 1 fully saturated rings. The Kier molecular flexibility index (Phi) is 4.31. The fourth-order valence-corrected chi connectivity index (χ4v) is 1.58. The number of aromatic nitrogens is 2. The molecule has 0 unspecified atom stereocenters. The quantitative estimate of drug-likeness (QED) is 0.756. The normalized spacial score (nSPS) is 17.8. The zero-order valence-corrected chi connectivity index (χ0v) is 8.59. The zero-order valence-electron chi connectivity index (χ0n) is 7.77. The molecule has 1 aliphatic heterocycles. The molecular formula is C8H14ClN3O2. The minimum Gasteiger partial charge on any atom is -0.387 e. The topological polar surface area (TPSA) is 71.2 Å². The van der Waals surface area contributed by atoms with Crippen molar-refractivity contribution >= 4 is 12.4 Å². The Hall–Kier alpha value is -0.650. The highest BCUT2D eigenvalue weighted by Crippen LogP contribution is 2.22. The molecule has 0 radical (unpaired) electrons. The first kappa shape index (κ1) is 11.4. The molecule has 2 heterocycles. The smallest absolute Gasteiger partial charge is 0.252 e.